The van der Waals surface area contributed by atoms with Crippen LogP contribution >= 0.6 is 11.8 Å². The van der Waals surface area contributed by atoms with Crippen LogP contribution in [0.25, 0.3) is 5.76 Å². The van der Waals surface area contributed by atoms with E-state index < -0.39 is 0 Å². The fourth-order valence-corrected chi connectivity index (χ4v) is 2.82. The summed E-state index contributed by atoms with van der Waals surface area (Å²) in [6.07, 6.45) is 1.73. The molecule has 1 N–H and O–H groups in total. The molecule has 0 aliphatic carbocycles. The summed E-state index contributed by atoms with van der Waals surface area (Å²) < 4.78 is 20.9. The molecule has 0 spiro atoms. The van der Waals surface area contributed by atoms with E-state index in [0.717, 1.165) is 10.6 Å². The van der Waals surface area contributed by atoms with Gasteiger partial charge in [-0.1, -0.05) is 5.10 Å². The lowest BCUT2D eigenvalue weighted by atomic mass is 10.3. The molecule has 1 aliphatic rings. The Kier molecular flexibility index (Phi) is 5.78. The predicted molar refractivity (Wildman–Crippen MR) is 91.1 cm³/mol. The largest absolute Gasteiger partial charge is 0.497 e. The predicted octanol–water partition coefficient (Wildman–Crippen LogP) is 2.54. The Morgan fingerprint density at radius 2 is 2.12 bits per heavy atom. The van der Waals surface area contributed by atoms with Gasteiger partial charge in [0.25, 0.3) is 5.89 Å². The molecular formula is C16H17N3O5S. The molecule has 2 heterocycles. The quantitative estimate of drug-likeness (QED) is 0.750. The third kappa shape index (κ3) is 4.90. The van der Waals surface area contributed by atoms with E-state index >= 15 is 0 Å². The van der Waals surface area contributed by atoms with E-state index in [2.05, 4.69) is 15.5 Å². The molecule has 0 saturated carbocycles. The summed E-state index contributed by atoms with van der Waals surface area (Å²) in [6, 6.07) is 7.70. The number of anilines is 1. The molecule has 132 valence electrons. The first-order valence-electron chi connectivity index (χ1n) is 7.60. The highest BCUT2D eigenvalue weighted by molar-refractivity contribution is 7.99. The standard InChI is InChI=1S/C16H17N3O5S/c1-21-11-2-4-12(5-3-11)25-9-6-14(20)17-16-19-18-15(24-16)13-10-22-7-8-23-13/h2-5,10H,6-9H2,1H3,(H,17,19,20). The van der Waals surface area contributed by atoms with Gasteiger partial charge < -0.3 is 18.6 Å². The van der Waals surface area contributed by atoms with E-state index in [0.29, 0.717) is 31.1 Å². The molecule has 2 aromatic rings. The minimum absolute atomic E-state index is 0.0320. The second kappa shape index (κ2) is 8.43. The summed E-state index contributed by atoms with van der Waals surface area (Å²) in [5.41, 5.74) is 0. The van der Waals surface area contributed by atoms with Crippen molar-refractivity contribution in [3.63, 3.8) is 0 Å². The van der Waals surface area contributed by atoms with Gasteiger partial charge in [0.15, 0.2) is 0 Å². The van der Waals surface area contributed by atoms with Gasteiger partial charge in [-0.2, -0.15) is 0 Å². The number of aromatic nitrogens is 2. The number of ether oxygens (including phenoxy) is 3. The van der Waals surface area contributed by atoms with Crippen LogP contribution in [-0.2, 0) is 14.3 Å². The van der Waals surface area contributed by atoms with Gasteiger partial charge in [0.2, 0.25) is 11.7 Å². The molecule has 3 rings (SSSR count). The number of benzene rings is 1. The Hall–Kier alpha value is -2.68. The number of rotatable bonds is 7. The molecule has 1 amide bonds. The zero-order valence-electron chi connectivity index (χ0n) is 13.6. The molecule has 0 atom stereocenters. The number of hydrogen-bond acceptors (Lipinski definition) is 8. The number of hydrogen-bond donors (Lipinski definition) is 1. The number of methoxy groups -OCH3 is 1. The molecule has 1 aromatic carbocycles. The number of nitrogens with zero attached hydrogens (tertiary/aromatic N) is 2. The minimum atomic E-state index is -0.203. The van der Waals surface area contributed by atoms with Crippen LogP contribution in [0.15, 0.2) is 39.8 Å². The maximum Gasteiger partial charge on any atom is 0.322 e. The van der Waals surface area contributed by atoms with Gasteiger partial charge in [0.1, 0.15) is 25.2 Å². The average Bonchev–Trinajstić information content (AvgIpc) is 3.11. The minimum Gasteiger partial charge on any atom is -0.497 e. The first-order chi connectivity index (χ1) is 12.2. The maximum absolute atomic E-state index is 11.9. The second-order valence-electron chi connectivity index (χ2n) is 4.94. The maximum atomic E-state index is 11.9. The Bertz CT molecular complexity index is 744. The van der Waals surface area contributed by atoms with E-state index in [1.54, 1.807) is 18.9 Å². The number of nitrogens with one attached hydrogen (secondary N) is 1. The van der Waals surface area contributed by atoms with Gasteiger partial charge >= 0.3 is 6.01 Å². The van der Waals surface area contributed by atoms with Crippen molar-refractivity contribution in [1.82, 2.24) is 10.2 Å². The summed E-state index contributed by atoms with van der Waals surface area (Å²) in [4.78, 5) is 13.0. The second-order valence-corrected chi connectivity index (χ2v) is 6.10. The van der Waals surface area contributed by atoms with E-state index in [4.69, 9.17) is 18.6 Å². The van der Waals surface area contributed by atoms with Crippen LogP contribution in [0.5, 0.6) is 5.75 Å². The molecule has 0 fully saturated rings. The molecule has 1 aromatic heterocycles. The Balaban J connectivity index is 1.44. The van der Waals surface area contributed by atoms with Crippen molar-refractivity contribution in [2.24, 2.45) is 0 Å². The van der Waals surface area contributed by atoms with Crippen molar-refractivity contribution >= 4 is 29.4 Å². The monoisotopic (exact) mass is 363 g/mol. The Morgan fingerprint density at radius 3 is 2.84 bits per heavy atom. The van der Waals surface area contributed by atoms with E-state index in [1.807, 2.05) is 24.3 Å². The molecule has 0 saturated heterocycles. The number of carbonyl (C=O) groups excluding carboxylic acids is 1. The lowest BCUT2D eigenvalue weighted by Crippen LogP contribution is -2.12. The van der Waals surface area contributed by atoms with E-state index in [-0.39, 0.29) is 17.8 Å². The van der Waals surface area contributed by atoms with Gasteiger partial charge in [-0.05, 0) is 24.3 Å². The zero-order chi connectivity index (χ0) is 17.5. The van der Waals surface area contributed by atoms with Crippen LogP contribution in [-0.4, -0.2) is 42.2 Å². The first kappa shape index (κ1) is 17.2. The Morgan fingerprint density at radius 1 is 1.28 bits per heavy atom. The van der Waals surface area contributed by atoms with Crippen LogP contribution in [0.3, 0.4) is 0 Å². The van der Waals surface area contributed by atoms with Gasteiger partial charge in [-0.25, -0.2) is 0 Å². The highest BCUT2D eigenvalue weighted by Gasteiger charge is 2.17. The normalized spacial score (nSPS) is 13.4. The fourth-order valence-electron chi connectivity index (χ4n) is 1.97. The number of amides is 1. The van der Waals surface area contributed by atoms with Crippen LogP contribution in [0.1, 0.15) is 12.3 Å². The van der Waals surface area contributed by atoms with E-state index in [1.165, 1.54) is 6.26 Å². The first-order valence-corrected chi connectivity index (χ1v) is 8.58. The Labute approximate surface area is 148 Å². The summed E-state index contributed by atoms with van der Waals surface area (Å²) >= 11 is 1.58. The highest BCUT2D eigenvalue weighted by Crippen LogP contribution is 2.22. The third-order valence-corrected chi connectivity index (χ3v) is 4.20. The zero-order valence-corrected chi connectivity index (χ0v) is 14.4. The van der Waals surface area contributed by atoms with Crippen LogP contribution in [0.4, 0.5) is 6.01 Å². The molecule has 1 aliphatic heterocycles. The van der Waals surface area contributed by atoms with Crippen molar-refractivity contribution in [2.75, 3.05) is 31.4 Å². The van der Waals surface area contributed by atoms with Crippen LogP contribution in [0.2, 0.25) is 0 Å². The summed E-state index contributed by atoms with van der Waals surface area (Å²) in [6.45, 7) is 0.894. The molecule has 9 heteroatoms. The third-order valence-electron chi connectivity index (χ3n) is 3.19. The number of thioether (sulfide) groups is 1. The van der Waals surface area contributed by atoms with Crippen molar-refractivity contribution in [3.05, 3.63) is 36.4 Å². The molecule has 8 nitrogen and oxygen atoms in total. The smallest absolute Gasteiger partial charge is 0.322 e. The number of carbonyl (C=O) groups is 1. The fraction of sp³-hybridized carbons (Fsp3) is 0.312. The molecule has 0 bridgehead atoms. The molecule has 0 unspecified atom stereocenters. The summed E-state index contributed by atoms with van der Waals surface area (Å²) in [5, 5.41) is 10.2. The summed E-state index contributed by atoms with van der Waals surface area (Å²) in [7, 11) is 1.62. The lowest BCUT2D eigenvalue weighted by molar-refractivity contribution is -0.115. The van der Waals surface area contributed by atoms with Crippen molar-refractivity contribution < 1.29 is 23.4 Å². The highest BCUT2D eigenvalue weighted by atomic mass is 32.2. The summed E-state index contributed by atoms with van der Waals surface area (Å²) in [5.74, 6) is 1.75. The average molecular weight is 363 g/mol. The molecular weight excluding hydrogens is 346 g/mol. The van der Waals surface area contributed by atoms with Crippen LogP contribution < -0.4 is 10.1 Å². The van der Waals surface area contributed by atoms with Crippen molar-refractivity contribution in [3.8, 4) is 5.75 Å². The SMILES string of the molecule is COc1ccc(SCCC(=O)Nc2nnc(C3=COCCO3)o2)cc1. The van der Waals surface area contributed by atoms with Gasteiger partial charge in [0.05, 0.1) is 7.11 Å². The van der Waals surface area contributed by atoms with Gasteiger partial charge in [0, 0.05) is 17.1 Å². The van der Waals surface area contributed by atoms with Crippen molar-refractivity contribution in [2.45, 2.75) is 11.3 Å². The van der Waals surface area contributed by atoms with E-state index in [9.17, 15) is 4.79 Å². The lowest BCUT2D eigenvalue weighted by Gasteiger charge is -2.11. The van der Waals surface area contributed by atoms with Crippen LogP contribution in [0, 0.1) is 0 Å². The topological polar surface area (TPSA) is 95.7 Å². The van der Waals surface area contributed by atoms with Crippen molar-refractivity contribution in [1.29, 1.82) is 0 Å². The van der Waals surface area contributed by atoms with Gasteiger partial charge in [-0.15, -0.1) is 16.9 Å². The molecule has 25 heavy (non-hydrogen) atoms. The van der Waals surface area contributed by atoms with Gasteiger partial charge in [-0.3, -0.25) is 10.1 Å². The molecule has 0 radical (unpaired) electrons.